The number of nitrogen functional groups attached to an aromatic ring is 1. The molecule has 7 nitrogen and oxygen atoms in total. The Morgan fingerprint density at radius 1 is 1.12 bits per heavy atom. The Kier molecular flexibility index (Phi) is 3.39. The Morgan fingerprint density at radius 3 is 2.76 bits per heavy atom. The van der Waals surface area contributed by atoms with Crippen molar-refractivity contribution in [3.8, 4) is 11.1 Å². The van der Waals surface area contributed by atoms with E-state index in [1.807, 2.05) is 24.3 Å². The van der Waals surface area contributed by atoms with Gasteiger partial charge in [-0.05, 0) is 47.5 Å². The van der Waals surface area contributed by atoms with E-state index in [1.165, 1.54) is 4.57 Å². The second-order valence-corrected chi connectivity index (χ2v) is 5.50. The maximum absolute atomic E-state index is 8.36. The van der Waals surface area contributed by atoms with Crippen molar-refractivity contribution in [2.45, 2.75) is 0 Å². The van der Waals surface area contributed by atoms with Crippen LogP contribution in [0.25, 0.3) is 22.2 Å². The van der Waals surface area contributed by atoms with Gasteiger partial charge in [-0.25, -0.2) is 0 Å². The van der Waals surface area contributed by atoms with Crippen LogP contribution < -0.4 is 11.2 Å². The van der Waals surface area contributed by atoms with Crippen molar-refractivity contribution in [2.24, 2.45) is 0 Å². The van der Waals surface area contributed by atoms with E-state index in [2.05, 4.69) is 9.97 Å². The number of anilines is 1. The second kappa shape index (κ2) is 5.72. The van der Waals surface area contributed by atoms with Gasteiger partial charge in [-0.1, -0.05) is 6.07 Å². The fourth-order valence-corrected chi connectivity index (χ4v) is 2.62. The Balaban J connectivity index is 1.80. The van der Waals surface area contributed by atoms with Gasteiger partial charge >= 0.3 is 0 Å². The molecule has 122 valence electrons. The van der Waals surface area contributed by atoms with Crippen LogP contribution in [-0.2, 0) is 0 Å². The van der Waals surface area contributed by atoms with Gasteiger partial charge in [0, 0.05) is 24.2 Å². The molecule has 0 bridgehead atoms. The third kappa shape index (κ3) is 2.67. The molecule has 0 unspecified atom stereocenters. The average molecular weight is 330 g/mol. The highest BCUT2D eigenvalue weighted by Gasteiger charge is 2.09. The van der Waals surface area contributed by atoms with E-state index in [-0.39, 0.29) is 17.3 Å². The van der Waals surface area contributed by atoms with E-state index >= 15 is 0 Å². The quantitative estimate of drug-likeness (QED) is 0.387. The summed E-state index contributed by atoms with van der Waals surface area (Å²) >= 11 is 0. The highest BCUT2D eigenvalue weighted by atomic mass is 16.4. The van der Waals surface area contributed by atoms with Crippen LogP contribution in [0.3, 0.4) is 0 Å². The molecule has 0 aliphatic carbocycles. The largest absolute Gasteiger partial charge is 0.424 e. The summed E-state index contributed by atoms with van der Waals surface area (Å²) < 4.78 is 6.88. The van der Waals surface area contributed by atoms with Crippen LogP contribution in [0.5, 0.6) is 0 Å². The van der Waals surface area contributed by atoms with E-state index in [1.54, 1.807) is 36.8 Å². The van der Waals surface area contributed by atoms with E-state index in [0.717, 1.165) is 11.1 Å². The van der Waals surface area contributed by atoms with Crippen molar-refractivity contribution in [3.05, 3.63) is 72.1 Å². The van der Waals surface area contributed by atoms with Gasteiger partial charge in [0.25, 0.3) is 6.01 Å². The predicted octanol–water partition coefficient (Wildman–Crippen LogP) is 2.63. The zero-order chi connectivity index (χ0) is 17.4. The first kappa shape index (κ1) is 14.8. The van der Waals surface area contributed by atoms with Gasteiger partial charge in [0.2, 0.25) is 0 Å². The highest BCUT2D eigenvalue weighted by molar-refractivity contribution is 5.98. The van der Waals surface area contributed by atoms with E-state index in [9.17, 15) is 0 Å². The van der Waals surface area contributed by atoms with Crippen LogP contribution in [0.2, 0.25) is 0 Å². The van der Waals surface area contributed by atoms with Gasteiger partial charge < -0.3 is 10.2 Å². The van der Waals surface area contributed by atoms with Gasteiger partial charge in [0.05, 0.1) is 0 Å². The third-order valence-corrected chi connectivity index (χ3v) is 3.86. The molecule has 0 saturated heterocycles. The van der Waals surface area contributed by atoms with E-state index < -0.39 is 0 Å². The summed E-state index contributed by atoms with van der Waals surface area (Å²) in [6.45, 7) is 0. The molecular weight excluding hydrogens is 316 g/mol. The Morgan fingerprint density at radius 2 is 1.96 bits per heavy atom. The predicted molar refractivity (Wildman–Crippen MR) is 94.2 cm³/mol. The highest BCUT2D eigenvalue weighted by Crippen LogP contribution is 2.25. The lowest BCUT2D eigenvalue weighted by molar-refractivity contribution is 0.626. The van der Waals surface area contributed by atoms with Crippen LogP contribution in [0.4, 0.5) is 6.01 Å². The number of aromatic nitrogens is 3. The SMILES string of the molecule is N=C(c1cccnc1)n1cc(-c2ccc3nc(N)oc3c2)ccc1=N. The summed E-state index contributed by atoms with van der Waals surface area (Å²) in [4.78, 5) is 8.11. The van der Waals surface area contributed by atoms with Crippen molar-refractivity contribution in [1.29, 1.82) is 10.8 Å². The van der Waals surface area contributed by atoms with E-state index in [0.29, 0.717) is 16.7 Å². The lowest BCUT2D eigenvalue weighted by Crippen LogP contribution is -2.26. The van der Waals surface area contributed by atoms with Gasteiger partial charge in [-0.3, -0.25) is 20.4 Å². The minimum atomic E-state index is 0.127. The molecule has 0 fully saturated rings. The van der Waals surface area contributed by atoms with Crippen LogP contribution in [0.1, 0.15) is 5.56 Å². The van der Waals surface area contributed by atoms with Gasteiger partial charge in [-0.15, -0.1) is 0 Å². The number of hydrogen-bond acceptors (Lipinski definition) is 6. The van der Waals surface area contributed by atoms with Gasteiger partial charge in [-0.2, -0.15) is 4.98 Å². The molecule has 0 atom stereocenters. The molecule has 1 aromatic carbocycles. The smallest absolute Gasteiger partial charge is 0.292 e. The summed E-state index contributed by atoms with van der Waals surface area (Å²) in [5, 5.41) is 16.5. The van der Waals surface area contributed by atoms with Crippen molar-refractivity contribution < 1.29 is 4.42 Å². The third-order valence-electron chi connectivity index (χ3n) is 3.86. The number of nitrogens with one attached hydrogen (secondary N) is 2. The number of fused-ring (bicyclic) bond motifs is 1. The van der Waals surface area contributed by atoms with Gasteiger partial charge in [0.1, 0.15) is 16.8 Å². The number of pyridine rings is 2. The molecular formula is C18H14N6O. The number of oxazole rings is 1. The zero-order valence-corrected chi connectivity index (χ0v) is 13.1. The number of rotatable bonds is 2. The number of benzene rings is 1. The standard InChI is InChI=1S/C18H14N6O/c19-16-6-4-13(10-24(16)17(20)12-2-1-7-22-9-12)11-3-5-14-15(8-11)25-18(21)23-14/h1-10,19-20H,(H2,21,23). The Hall–Kier alpha value is -3.74. The first-order chi connectivity index (χ1) is 12.1. The van der Waals surface area contributed by atoms with Crippen LogP contribution in [0, 0.1) is 10.8 Å². The number of nitrogens with zero attached hydrogens (tertiary/aromatic N) is 3. The number of hydrogen-bond donors (Lipinski definition) is 3. The van der Waals surface area contributed by atoms with Crippen molar-refractivity contribution >= 4 is 22.9 Å². The molecule has 3 heterocycles. The maximum atomic E-state index is 8.36. The van der Waals surface area contributed by atoms with Crippen LogP contribution >= 0.6 is 0 Å². The van der Waals surface area contributed by atoms with Crippen LogP contribution in [-0.4, -0.2) is 20.4 Å². The molecule has 25 heavy (non-hydrogen) atoms. The molecule has 7 heteroatoms. The Labute approximate surface area is 142 Å². The summed E-state index contributed by atoms with van der Waals surface area (Å²) in [7, 11) is 0. The fourth-order valence-electron chi connectivity index (χ4n) is 2.62. The molecule has 4 aromatic rings. The monoisotopic (exact) mass is 330 g/mol. The van der Waals surface area contributed by atoms with Crippen molar-refractivity contribution in [3.63, 3.8) is 0 Å². The summed E-state index contributed by atoms with van der Waals surface area (Å²) in [5.74, 6) is 0.185. The first-order valence-electron chi connectivity index (χ1n) is 7.55. The fraction of sp³-hybridized carbons (Fsp3) is 0. The molecule has 4 N–H and O–H groups in total. The zero-order valence-electron chi connectivity index (χ0n) is 13.1. The lowest BCUT2D eigenvalue weighted by atomic mass is 10.1. The molecule has 0 saturated carbocycles. The molecule has 0 radical (unpaired) electrons. The first-order valence-corrected chi connectivity index (χ1v) is 7.55. The minimum Gasteiger partial charge on any atom is -0.424 e. The molecule has 0 aliphatic rings. The molecule has 4 rings (SSSR count). The topological polar surface area (TPSA) is 118 Å². The van der Waals surface area contributed by atoms with Crippen LogP contribution in [0.15, 0.2) is 65.5 Å². The van der Waals surface area contributed by atoms with Gasteiger partial charge in [0.15, 0.2) is 5.58 Å². The van der Waals surface area contributed by atoms with Crippen molar-refractivity contribution in [1.82, 2.24) is 14.5 Å². The molecule has 0 aliphatic heterocycles. The summed E-state index contributed by atoms with van der Waals surface area (Å²) in [6.07, 6.45) is 5.00. The molecule has 0 spiro atoms. The summed E-state index contributed by atoms with van der Waals surface area (Å²) in [5.41, 5.74) is 9.45. The number of nitrogens with two attached hydrogens (primary N) is 1. The molecule has 3 aromatic heterocycles. The van der Waals surface area contributed by atoms with Crippen molar-refractivity contribution in [2.75, 3.05) is 5.73 Å². The lowest BCUT2D eigenvalue weighted by Gasteiger charge is -2.11. The second-order valence-electron chi connectivity index (χ2n) is 5.50. The summed E-state index contributed by atoms with van der Waals surface area (Å²) in [6, 6.07) is 12.7. The molecule has 0 amide bonds. The Bertz CT molecular complexity index is 1140. The van der Waals surface area contributed by atoms with E-state index in [4.69, 9.17) is 21.0 Å². The average Bonchev–Trinajstić information content (AvgIpc) is 3.01. The normalized spacial score (nSPS) is 10.9. The minimum absolute atomic E-state index is 0.127. The maximum Gasteiger partial charge on any atom is 0.292 e.